The number of hydrogen-bond donors (Lipinski definition) is 2. The maximum atomic E-state index is 12.0. The molecule has 1 aromatic carbocycles. The quantitative estimate of drug-likeness (QED) is 0.755. The highest BCUT2D eigenvalue weighted by Crippen LogP contribution is 2.29. The average Bonchev–Trinajstić information content (AvgIpc) is 2.78. The highest BCUT2D eigenvalue weighted by molar-refractivity contribution is 6.20. The van der Waals surface area contributed by atoms with Crippen molar-refractivity contribution in [2.75, 3.05) is 0 Å². The van der Waals surface area contributed by atoms with E-state index < -0.39 is 23.8 Å². The van der Waals surface area contributed by atoms with Gasteiger partial charge < -0.3 is 0 Å². The number of nitrogens with one attached hydrogen (secondary N) is 2. The van der Waals surface area contributed by atoms with Crippen LogP contribution in [0.5, 0.6) is 0 Å². The third-order valence-corrected chi connectivity index (χ3v) is 3.39. The van der Waals surface area contributed by atoms with E-state index in [1.165, 1.54) is 17.7 Å². The van der Waals surface area contributed by atoms with E-state index in [9.17, 15) is 19.2 Å². The van der Waals surface area contributed by atoms with Gasteiger partial charge in [0.25, 0.3) is 0 Å². The summed E-state index contributed by atoms with van der Waals surface area (Å²) in [6.45, 7) is 1.39. The molecule has 1 aromatic heterocycles. The molecule has 0 unspecified atom stereocenters. The molecule has 2 aromatic rings. The Balaban J connectivity index is 2.21. The van der Waals surface area contributed by atoms with Crippen molar-refractivity contribution in [1.29, 1.82) is 0 Å². The molecule has 0 atom stereocenters. The Bertz CT molecular complexity index is 786. The Labute approximate surface area is 118 Å². The normalized spacial score (nSPS) is 16.0. The van der Waals surface area contributed by atoms with Gasteiger partial charge in [0.2, 0.25) is 17.7 Å². The van der Waals surface area contributed by atoms with Crippen LogP contribution in [0.15, 0.2) is 30.5 Å². The van der Waals surface area contributed by atoms with Crippen LogP contribution < -0.4 is 10.6 Å². The minimum absolute atomic E-state index is 0.231. The van der Waals surface area contributed by atoms with Crippen molar-refractivity contribution in [3.8, 4) is 0 Å². The fourth-order valence-electron chi connectivity index (χ4n) is 2.50. The van der Waals surface area contributed by atoms with Gasteiger partial charge in [-0.05, 0) is 11.6 Å². The van der Waals surface area contributed by atoms with Gasteiger partial charge in [-0.15, -0.1) is 0 Å². The number of nitrogens with zero attached hydrogens (tertiary/aromatic N) is 1. The monoisotopic (exact) mass is 285 g/mol. The molecule has 7 nitrogen and oxygen atoms in total. The predicted octanol–water partition coefficient (Wildman–Crippen LogP) is 0.751. The first-order valence-corrected chi connectivity index (χ1v) is 6.25. The maximum absolute atomic E-state index is 12.0. The van der Waals surface area contributed by atoms with Gasteiger partial charge in [-0.1, -0.05) is 18.2 Å². The molecule has 0 saturated carbocycles. The van der Waals surface area contributed by atoms with Crippen LogP contribution in [0.4, 0.5) is 4.79 Å². The van der Waals surface area contributed by atoms with Crippen LogP contribution >= 0.6 is 0 Å². The summed E-state index contributed by atoms with van der Waals surface area (Å²) in [4.78, 5) is 46.7. The van der Waals surface area contributed by atoms with Gasteiger partial charge in [-0.3, -0.25) is 29.6 Å². The number of para-hydroxylation sites is 1. The topological polar surface area (TPSA) is 97.3 Å². The number of carbonyl (C=O) groups excluding carboxylic acids is 4. The van der Waals surface area contributed by atoms with E-state index >= 15 is 0 Å². The molecule has 0 aliphatic carbocycles. The predicted molar refractivity (Wildman–Crippen MR) is 72.7 cm³/mol. The molecule has 2 heterocycles. The molecule has 4 amide bonds. The summed E-state index contributed by atoms with van der Waals surface area (Å²) in [7, 11) is 0. The third kappa shape index (κ3) is 1.99. The SMILES string of the molecule is CC(=O)n1cc(C2C(=O)NC(=O)NC2=O)c2ccccc21. The van der Waals surface area contributed by atoms with Gasteiger partial charge in [0.15, 0.2) is 0 Å². The van der Waals surface area contributed by atoms with Crippen molar-refractivity contribution >= 4 is 34.7 Å². The Morgan fingerprint density at radius 1 is 1.10 bits per heavy atom. The summed E-state index contributed by atoms with van der Waals surface area (Å²) in [6, 6.07) is 6.12. The third-order valence-electron chi connectivity index (χ3n) is 3.39. The zero-order valence-corrected chi connectivity index (χ0v) is 11.0. The van der Waals surface area contributed by atoms with Gasteiger partial charge in [-0.2, -0.15) is 0 Å². The van der Waals surface area contributed by atoms with Crippen LogP contribution in [0.1, 0.15) is 23.2 Å². The molecule has 0 radical (unpaired) electrons. The van der Waals surface area contributed by atoms with Crippen molar-refractivity contribution in [2.24, 2.45) is 0 Å². The standard InChI is InChI=1S/C14H11N3O4/c1-7(18)17-6-9(8-4-2-3-5-10(8)17)11-12(19)15-14(21)16-13(11)20/h2-6,11H,1H3,(H2,15,16,19,20,21). The number of urea groups is 1. The summed E-state index contributed by atoms with van der Waals surface area (Å²) in [5.74, 6) is -2.79. The van der Waals surface area contributed by atoms with Crippen LogP contribution in [-0.4, -0.2) is 28.3 Å². The van der Waals surface area contributed by atoms with Crippen molar-refractivity contribution in [3.05, 3.63) is 36.0 Å². The molecular formula is C14H11N3O4. The van der Waals surface area contributed by atoms with Gasteiger partial charge >= 0.3 is 6.03 Å². The number of rotatable bonds is 1. The Kier molecular flexibility index (Phi) is 2.83. The maximum Gasteiger partial charge on any atom is 0.328 e. The molecule has 3 rings (SSSR count). The zero-order valence-electron chi connectivity index (χ0n) is 11.0. The van der Waals surface area contributed by atoms with E-state index in [0.717, 1.165) is 0 Å². The van der Waals surface area contributed by atoms with Gasteiger partial charge in [-0.25, -0.2) is 4.79 Å². The van der Waals surface area contributed by atoms with Crippen molar-refractivity contribution < 1.29 is 19.2 Å². The second-order valence-corrected chi connectivity index (χ2v) is 4.73. The van der Waals surface area contributed by atoms with E-state index in [0.29, 0.717) is 16.5 Å². The fraction of sp³-hybridized carbons (Fsp3) is 0.143. The first kappa shape index (κ1) is 13.0. The first-order chi connectivity index (χ1) is 9.99. The van der Waals surface area contributed by atoms with Crippen LogP contribution in [0.3, 0.4) is 0 Å². The smallest absolute Gasteiger partial charge is 0.287 e. The van der Waals surface area contributed by atoms with Crippen LogP contribution in [0.2, 0.25) is 0 Å². The summed E-state index contributed by atoms with van der Waals surface area (Å²) in [6.07, 6.45) is 1.46. The summed E-state index contributed by atoms with van der Waals surface area (Å²) >= 11 is 0. The van der Waals surface area contributed by atoms with E-state index in [-0.39, 0.29) is 5.91 Å². The highest BCUT2D eigenvalue weighted by Gasteiger charge is 2.37. The number of amides is 4. The van der Waals surface area contributed by atoms with Gasteiger partial charge in [0.05, 0.1) is 5.52 Å². The number of benzene rings is 1. The number of fused-ring (bicyclic) bond motifs is 1. The molecule has 0 bridgehead atoms. The number of hydrogen-bond acceptors (Lipinski definition) is 4. The lowest BCUT2D eigenvalue weighted by molar-refractivity contribution is -0.132. The molecule has 1 fully saturated rings. The Hall–Kier alpha value is -2.96. The Morgan fingerprint density at radius 3 is 2.33 bits per heavy atom. The van der Waals surface area contributed by atoms with Crippen molar-refractivity contribution in [3.63, 3.8) is 0 Å². The zero-order chi connectivity index (χ0) is 15.1. The van der Waals surface area contributed by atoms with Crippen LogP contribution in [0, 0.1) is 0 Å². The molecule has 1 saturated heterocycles. The lowest BCUT2D eigenvalue weighted by Gasteiger charge is -2.20. The first-order valence-electron chi connectivity index (χ1n) is 6.25. The fourth-order valence-corrected chi connectivity index (χ4v) is 2.50. The van der Waals surface area contributed by atoms with E-state index in [4.69, 9.17) is 0 Å². The molecular weight excluding hydrogens is 274 g/mol. The number of imide groups is 2. The Morgan fingerprint density at radius 2 is 1.71 bits per heavy atom. The number of carbonyl (C=O) groups is 4. The molecule has 0 spiro atoms. The van der Waals surface area contributed by atoms with Gasteiger partial charge in [0.1, 0.15) is 5.92 Å². The molecule has 106 valence electrons. The second kappa shape index (κ2) is 4.55. The molecule has 7 heteroatoms. The number of barbiturate groups is 1. The molecule has 1 aliphatic heterocycles. The second-order valence-electron chi connectivity index (χ2n) is 4.73. The van der Waals surface area contributed by atoms with Crippen molar-refractivity contribution in [2.45, 2.75) is 12.8 Å². The van der Waals surface area contributed by atoms with E-state index in [1.54, 1.807) is 24.3 Å². The van der Waals surface area contributed by atoms with E-state index in [1.807, 2.05) is 0 Å². The minimum Gasteiger partial charge on any atom is -0.287 e. The molecule has 2 N–H and O–H groups in total. The largest absolute Gasteiger partial charge is 0.328 e. The van der Waals surface area contributed by atoms with Crippen LogP contribution in [0.25, 0.3) is 10.9 Å². The van der Waals surface area contributed by atoms with E-state index in [2.05, 4.69) is 10.6 Å². The van der Waals surface area contributed by atoms with Crippen LogP contribution in [-0.2, 0) is 9.59 Å². The number of aromatic nitrogens is 1. The average molecular weight is 285 g/mol. The molecule has 21 heavy (non-hydrogen) atoms. The highest BCUT2D eigenvalue weighted by atomic mass is 16.2. The van der Waals surface area contributed by atoms with Gasteiger partial charge in [0, 0.05) is 18.5 Å². The minimum atomic E-state index is -1.16. The lowest BCUT2D eigenvalue weighted by atomic mass is 9.95. The summed E-state index contributed by atoms with van der Waals surface area (Å²) < 4.78 is 1.38. The van der Waals surface area contributed by atoms with Crippen molar-refractivity contribution in [1.82, 2.24) is 15.2 Å². The molecule has 1 aliphatic rings. The summed E-state index contributed by atoms with van der Waals surface area (Å²) in [5, 5.41) is 4.74. The lowest BCUT2D eigenvalue weighted by Crippen LogP contribution is -2.54. The summed E-state index contributed by atoms with van der Waals surface area (Å²) in [5.41, 5.74) is 1.00.